The summed E-state index contributed by atoms with van der Waals surface area (Å²) in [5.41, 5.74) is 0.644. The van der Waals surface area contributed by atoms with Crippen LogP contribution in [0.4, 0.5) is 5.69 Å². The summed E-state index contributed by atoms with van der Waals surface area (Å²) in [4.78, 5) is 13.1. The molecule has 0 unspecified atom stereocenters. The van der Waals surface area contributed by atoms with Crippen molar-refractivity contribution in [3.63, 3.8) is 0 Å². The molecule has 8 nitrogen and oxygen atoms in total. The minimum Gasteiger partial charge on any atom is -0.494 e. The zero-order valence-corrected chi connectivity index (χ0v) is 19.0. The monoisotopic (exact) mass is 435 g/mol. The molecule has 0 radical (unpaired) electrons. The molecule has 1 aromatic rings. The van der Waals surface area contributed by atoms with Crippen LogP contribution in [0.5, 0.6) is 5.75 Å². The highest BCUT2D eigenvalue weighted by Gasteiger charge is 2.62. The first-order valence-corrected chi connectivity index (χ1v) is 10.9. The Labute approximate surface area is 183 Å². The van der Waals surface area contributed by atoms with E-state index in [9.17, 15) is 4.79 Å². The Morgan fingerprint density at radius 1 is 0.968 bits per heavy atom. The SMILES string of the molecule is CC(C)CCOc1ccc(NC(=O)[C@@H]2O[C@@H]3OC(C)(C)O[C@@H]3[C@@H]3OC(C)(C)O[C@H]32)cc1. The summed E-state index contributed by atoms with van der Waals surface area (Å²) in [5, 5.41) is 2.90. The standard InChI is InChI=1S/C23H33NO7/c1-13(2)11-12-26-15-9-7-14(8-10-15)24-20(25)18-16-17(29-22(3,4)28-16)19-21(27-18)31-23(5,6)30-19/h7-10,13,16-19,21H,11-12H2,1-6H3,(H,24,25)/t16-,17-,18-,19-,21-/m1/s1. The summed E-state index contributed by atoms with van der Waals surface area (Å²) in [5.74, 6) is -0.645. The van der Waals surface area contributed by atoms with Crippen molar-refractivity contribution in [3.05, 3.63) is 24.3 Å². The number of nitrogens with one attached hydrogen (secondary N) is 1. The fourth-order valence-corrected chi connectivity index (χ4v) is 4.08. The van der Waals surface area contributed by atoms with Gasteiger partial charge in [0.15, 0.2) is 24.0 Å². The van der Waals surface area contributed by atoms with Gasteiger partial charge in [-0.2, -0.15) is 0 Å². The Morgan fingerprint density at radius 2 is 1.58 bits per heavy atom. The van der Waals surface area contributed by atoms with Crippen molar-refractivity contribution in [2.24, 2.45) is 5.92 Å². The van der Waals surface area contributed by atoms with E-state index in [1.165, 1.54) is 0 Å². The number of anilines is 1. The van der Waals surface area contributed by atoms with E-state index in [1.807, 2.05) is 39.8 Å². The van der Waals surface area contributed by atoms with Crippen molar-refractivity contribution >= 4 is 11.6 Å². The molecule has 8 heteroatoms. The van der Waals surface area contributed by atoms with Crippen molar-refractivity contribution in [2.75, 3.05) is 11.9 Å². The van der Waals surface area contributed by atoms with Crippen LogP contribution < -0.4 is 10.1 Å². The third-order valence-corrected chi connectivity index (χ3v) is 5.50. The zero-order valence-electron chi connectivity index (χ0n) is 19.0. The number of amides is 1. The lowest BCUT2D eigenvalue weighted by molar-refractivity contribution is -0.229. The quantitative estimate of drug-likeness (QED) is 0.733. The number of ether oxygens (including phenoxy) is 6. The minimum absolute atomic E-state index is 0.323. The maximum Gasteiger partial charge on any atom is 0.256 e. The predicted octanol–water partition coefficient (Wildman–Crippen LogP) is 3.45. The van der Waals surface area contributed by atoms with Gasteiger partial charge in [-0.1, -0.05) is 13.8 Å². The molecule has 1 aromatic carbocycles. The molecule has 0 spiro atoms. The first kappa shape index (κ1) is 22.5. The third-order valence-electron chi connectivity index (χ3n) is 5.50. The van der Waals surface area contributed by atoms with Gasteiger partial charge in [0.25, 0.3) is 5.91 Å². The van der Waals surface area contributed by atoms with E-state index in [2.05, 4.69) is 19.2 Å². The van der Waals surface area contributed by atoms with Gasteiger partial charge in [-0.15, -0.1) is 0 Å². The molecular weight excluding hydrogens is 402 g/mol. The fraction of sp³-hybridized carbons (Fsp3) is 0.696. The highest BCUT2D eigenvalue weighted by atomic mass is 16.9. The largest absolute Gasteiger partial charge is 0.494 e. The molecule has 0 saturated carbocycles. The van der Waals surface area contributed by atoms with E-state index in [0.717, 1.165) is 12.2 Å². The molecule has 3 fully saturated rings. The van der Waals surface area contributed by atoms with Crippen LogP contribution in [0.2, 0.25) is 0 Å². The number of hydrogen-bond acceptors (Lipinski definition) is 7. The summed E-state index contributed by atoms with van der Waals surface area (Å²) in [6.45, 7) is 12.2. The summed E-state index contributed by atoms with van der Waals surface area (Å²) in [6.07, 6.45) is -2.15. The topological polar surface area (TPSA) is 84.5 Å². The number of carbonyl (C=O) groups excluding carboxylic acids is 1. The van der Waals surface area contributed by atoms with Gasteiger partial charge in [0.2, 0.25) is 0 Å². The van der Waals surface area contributed by atoms with Gasteiger partial charge in [0.1, 0.15) is 24.1 Å². The van der Waals surface area contributed by atoms with Crippen LogP contribution in [0.1, 0.15) is 48.0 Å². The lowest BCUT2D eigenvalue weighted by Gasteiger charge is -2.36. The average Bonchev–Trinajstić information content (AvgIpc) is 3.16. The second-order valence-electron chi connectivity index (χ2n) is 9.63. The normalized spacial score (nSPS) is 33.1. The molecule has 0 aliphatic carbocycles. The van der Waals surface area contributed by atoms with E-state index >= 15 is 0 Å². The van der Waals surface area contributed by atoms with Gasteiger partial charge in [-0.25, -0.2) is 0 Å². The lowest BCUT2D eigenvalue weighted by atomic mass is 9.98. The smallest absolute Gasteiger partial charge is 0.256 e. The highest BCUT2D eigenvalue weighted by molar-refractivity contribution is 5.94. The van der Waals surface area contributed by atoms with E-state index < -0.39 is 42.3 Å². The summed E-state index contributed by atoms with van der Waals surface area (Å²) in [7, 11) is 0. The van der Waals surface area contributed by atoms with Crippen molar-refractivity contribution in [1.82, 2.24) is 0 Å². The first-order valence-electron chi connectivity index (χ1n) is 10.9. The molecular formula is C23H33NO7. The molecule has 1 N–H and O–H groups in total. The molecule has 172 valence electrons. The minimum atomic E-state index is -0.896. The molecule has 0 aromatic heterocycles. The van der Waals surface area contributed by atoms with Crippen LogP contribution in [0, 0.1) is 5.92 Å². The number of benzene rings is 1. The number of hydrogen-bond donors (Lipinski definition) is 1. The van der Waals surface area contributed by atoms with Crippen molar-refractivity contribution in [2.45, 2.75) is 90.2 Å². The second kappa shape index (κ2) is 8.33. The van der Waals surface area contributed by atoms with E-state index in [-0.39, 0.29) is 5.91 Å². The molecule has 31 heavy (non-hydrogen) atoms. The summed E-state index contributed by atoms with van der Waals surface area (Å²) < 4.78 is 35.6. The third kappa shape index (κ3) is 5.04. The van der Waals surface area contributed by atoms with Gasteiger partial charge in [0.05, 0.1) is 6.61 Å². The number of rotatable bonds is 6. The Balaban J connectivity index is 1.43. The molecule has 4 rings (SSSR count). The molecule has 5 atom stereocenters. The van der Waals surface area contributed by atoms with Crippen LogP contribution in [0.3, 0.4) is 0 Å². The van der Waals surface area contributed by atoms with Crippen LogP contribution >= 0.6 is 0 Å². The zero-order chi connectivity index (χ0) is 22.4. The highest BCUT2D eigenvalue weighted by Crippen LogP contribution is 2.44. The van der Waals surface area contributed by atoms with Gasteiger partial charge in [0, 0.05) is 5.69 Å². The second-order valence-corrected chi connectivity index (χ2v) is 9.63. The maximum absolute atomic E-state index is 13.1. The maximum atomic E-state index is 13.1. The Hall–Kier alpha value is -1.71. The molecule has 0 bridgehead atoms. The average molecular weight is 436 g/mol. The van der Waals surface area contributed by atoms with E-state index in [4.69, 9.17) is 28.4 Å². The summed E-state index contributed by atoms with van der Waals surface area (Å²) >= 11 is 0. The molecule has 3 aliphatic heterocycles. The van der Waals surface area contributed by atoms with Crippen LogP contribution in [-0.2, 0) is 28.5 Å². The van der Waals surface area contributed by atoms with Crippen LogP contribution in [0.15, 0.2) is 24.3 Å². The van der Waals surface area contributed by atoms with Crippen molar-refractivity contribution in [3.8, 4) is 5.75 Å². The Morgan fingerprint density at radius 3 is 2.26 bits per heavy atom. The van der Waals surface area contributed by atoms with Crippen molar-refractivity contribution in [1.29, 1.82) is 0 Å². The predicted molar refractivity (Wildman–Crippen MR) is 113 cm³/mol. The lowest BCUT2D eigenvalue weighted by Crippen LogP contribution is -2.58. The van der Waals surface area contributed by atoms with Crippen LogP contribution in [0.25, 0.3) is 0 Å². The Kier molecular flexibility index (Phi) is 6.04. The fourth-order valence-electron chi connectivity index (χ4n) is 4.08. The molecule has 3 heterocycles. The van der Waals surface area contributed by atoms with Gasteiger partial charge < -0.3 is 33.7 Å². The first-order chi connectivity index (χ1) is 14.5. The van der Waals surface area contributed by atoms with Gasteiger partial charge >= 0.3 is 0 Å². The molecule has 3 aliphatic rings. The molecule has 3 saturated heterocycles. The van der Waals surface area contributed by atoms with Crippen molar-refractivity contribution < 1.29 is 33.2 Å². The molecule has 1 amide bonds. The van der Waals surface area contributed by atoms with Crippen LogP contribution in [-0.4, -0.2) is 54.8 Å². The number of fused-ring (bicyclic) bond motifs is 3. The van der Waals surface area contributed by atoms with E-state index in [0.29, 0.717) is 18.2 Å². The number of carbonyl (C=O) groups is 1. The summed E-state index contributed by atoms with van der Waals surface area (Å²) in [6, 6.07) is 7.29. The van der Waals surface area contributed by atoms with Gasteiger partial charge in [-0.05, 0) is 64.3 Å². The Bertz CT molecular complexity index is 792. The van der Waals surface area contributed by atoms with Gasteiger partial charge in [-0.3, -0.25) is 4.79 Å². The van der Waals surface area contributed by atoms with E-state index in [1.54, 1.807) is 12.1 Å².